The molecule has 0 unspecified atom stereocenters. The van der Waals surface area contributed by atoms with E-state index in [0.717, 1.165) is 23.4 Å². The number of nitrogens with one attached hydrogen (secondary N) is 1. The van der Waals surface area contributed by atoms with Crippen LogP contribution in [0.5, 0.6) is 11.5 Å². The highest BCUT2D eigenvalue weighted by Gasteiger charge is 2.15. The summed E-state index contributed by atoms with van der Waals surface area (Å²) in [5.74, 6) is -0.709. The summed E-state index contributed by atoms with van der Waals surface area (Å²) in [5.41, 5.74) is 0.883. The molecule has 0 aliphatic carbocycles. The molecule has 1 aromatic heterocycles. The zero-order chi connectivity index (χ0) is 18.5. The molecule has 3 rings (SSSR count). The van der Waals surface area contributed by atoms with E-state index in [9.17, 15) is 19.8 Å². The second-order valence-electron chi connectivity index (χ2n) is 5.61. The minimum absolute atomic E-state index is 0.00790. The van der Waals surface area contributed by atoms with E-state index in [4.69, 9.17) is 0 Å². The lowest BCUT2D eigenvalue weighted by Gasteiger charge is -2.06. The fraction of sp³-hybridized carbons (Fsp3) is 0.167. The number of hydrogen-bond acceptors (Lipinski definition) is 6. The van der Waals surface area contributed by atoms with E-state index < -0.39 is 0 Å². The van der Waals surface area contributed by atoms with Crippen molar-refractivity contribution in [2.24, 2.45) is 0 Å². The van der Waals surface area contributed by atoms with E-state index in [0.29, 0.717) is 18.1 Å². The van der Waals surface area contributed by atoms with Crippen molar-refractivity contribution >= 4 is 17.5 Å². The van der Waals surface area contributed by atoms with Gasteiger partial charge in [0.25, 0.3) is 0 Å². The van der Waals surface area contributed by atoms with E-state index in [1.165, 1.54) is 16.7 Å². The van der Waals surface area contributed by atoms with Crippen molar-refractivity contribution in [2.75, 3.05) is 5.75 Å². The van der Waals surface area contributed by atoms with Crippen LogP contribution in [-0.4, -0.2) is 36.5 Å². The van der Waals surface area contributed by atoms with Gasteiger partial charge in [-0.15, -0.1) is 5.10 Å². The molecule has 0 atom stereocenters. The Kier molecular flexibility index (Phi) is 5.43. The van der Waals surface area contributed by atoms with Gasteiger partial charge in [0.2, 0.25) is 0 Å². The number of aromatic hydroxyl groups is 2. The average Bonchev–Trinajstić information content (AvgIpc) is 2.98. The van der Waals surface area contributed by atoms with Gasteiger partial charge in [-0.2, -0.15) is 0 Å². The highest BCUT2D eigenvalue weighted by molar-refractivity contribution is 7.99. The summed E-state index contributed by atoms with van der Waals surface area (Å²) < 4.78 is 1.49. The predicted molar refractivity (Wildman–Crippen MR) is 97.8 cm³/mol. The van der Waals surface area contributed by atoms with Crippen LogP contribution in [0, 0.1) is 0 Å². The Labute approximate surface area is 153 Å². The maximum atomic E-state index is 12.3. The normalized spacial score (nSPS) is 10.8. The molecule has 3 aromatic rings. The van der Waals surface area contributed by atoms with Gasteiger partial charge in [0.15, 0.2) is 10.9 Å². The maximum absolute atomic E-state index is 12.3. The first-order valence-corrected chi connectivity index (χ1v) is 8.90. The smallest absolute Gasteiger partial charge is 0.343 e. The molecule has 26 heavy (non-hydrogen) atoms. The number of aromatic amines is 1. The van der Waals surface area contributed by atoms with Gasteiger partial charge in [-0.1, -0.05) is 42.1 Å². The van der Waals surface area contributed by atoms with Crippen molar-refractivity contribution in [2.45, 2.75) is 18.1 Å². The van der Waals surface area contributed by atoms with Crippen LogP contribution < -0.4 is 5.69 Å². The van der Waals surface area contributed by atoms with Crippen LogP contribution in [0.4, 0.5) is 0 Å². The number of ketones is 1. The summed E-state index contributed by atoms with van der Waals surface area (Å²) >= 11 is 1.12. The van der Waals surface area contributed by atoms with Gasteiger partial charge < -0.3 is 10.2 Å². The molecule has 0 saturated heterocycles. The number of thioether (sulfide) groups is 1. The number of carbonyl (C=O) groups excluding carboxylic acids is 1. The number of H-pyrrole nitrogens is 1. The Hall–Kier alpha value is -3.00. The number of phenols is 2. The van der Waals surface area contributed by atoms with Gasteiger partial charge in [0.1, 0.15) is 11.5 Å². The number of benzene rings is 2. The molecule has 0 bridgehead atoms. The van der Waals surface area contributed by atoms with Gasteiger partial charge in [-0.3, -0.25) is 9.36 Å². The van der Waals surface area contributed by atoms with Gasteiger partial charge in [-0.25, -0.2) is 9.89 Å². The molecule has 0 aliphatic heterocycles. The van der Waals surface area contributed by atoms with Gasteiger partial charge in [-0.05, 0) is 24.1 Å². The minimum Gasteiger partial charge on any atom is -0.508 e. The van der Waals surface area contributed by atoms with Crippen molar-refractivity contribution in [3.63, 3.8) is 0 Å². The van der Waals surface area contributed by atoms with Crippen LogP contribution in [0.3, 0.4) is 0 Å². The minimum atomic E-state index is -0.330. The van der Waals surface area contributed by atoms with Gasteiger partial charge in [0, 0.05) is 12.6 Å². The Bertz CT molecular complexity index is 966. The molecular formula is C18H17N3O4S. The molecule has 0 amide bonds. The summed E-state index contributed by atoms with van der Waals surface area (Å²) in [6, 6.07) is 13.6. The van der Waals surface area contributed by atoms with Crippen LogP contribution in [0.15, 0.2) is 58.5 Å². The topological polar surface area (TPSA) is 108 Å². The van der Waals surface area contributed by atoms with Crippen LogP contribution in [-0.2, 0) is 13.0 Å². The lowest BCUT2D eigenvalue weighted by molar-refractivity contribution is 0.102. The van der Waals surface area contributed by atoms with Crippen molar-refractivity contribution < 1.29 is 15.0 Å². The molecule has 2 aromatic carbocycles. The average molecular weight is 371 g/mol. The van der Waals surface area contributed by atoms with Crippen LogP contribution in [0.2, 0.25) is 0 Å². The zero-order valence-corrected chi connectivity index (χ0v) is 14.6. The van der Waals surface area contributed by atoms with Crippen molar-refractivity contribution in [1.29, 1.82) is 0 Å². The van der Waals surface area contributed by atoms with Crippen molar-refractivity contribution in [3.8, 4) is 11.5 Å². The molecule has 0 fully saturated rings. The number of hydrogen-bond donors (Lipinski definition) is 3. The van der Waals surface area contributed by atoms with E-state index in [1.54, 1.807) is 0 Å². The summed E-state index contributed by atoms with van der Waals surface area (Å²) in [5, 5.41) is 25.8. The third-order valence-corrected chi connectivity index (χ3v) is 4.78. The number of aromatic nitrogens is 3. The molecule has 134 valence electrons. The first kappa shape index (κ1) is 17.8. The third kappa shape index (κ3) is 4.15. The standard InChI is InChI=1S/C18H17N3O4S/c22-13-6-7-14(15(23)10-13)16(24)11-26-18-20-19-17(25)21(18)9-8-12-4-2-1-3-5-12/h1-7,10,22-23H,8-9,11H2,(H,19,25). The molecule has 8 heteroatoms. The Morgan fingerprint density at radius 3 is 2.65 bits per heavy atom. The number of phenolic OH excluding ortho intramolecular Hbond substituents is 2. The lowest BCUT2D eigenvalue weighted by atomic mass is 10.1. The fourth-order valence-electron chi connectivity index (χ4n) is 2.46. The Morgan fingerprint density at radius 2 is 1.92 bits per heavy atom. The lowest BCUT2D eigenvalue weighted by Crippen LogP contribution is -2.19. The summed E-state index contributed by atoms with van der Waals surface area (Å²) in [6.45, 7) is 0.445. The predicted octanol–water partition coefficient (Wildman–Crippen LogP) is 2.20. The number of carbonyl (C=O) groups is 1. The van der Waals surface area contributed by atoms with Crippen LogP contribution in [0.1, 0.15) is 15.9 Å². The summed E-state index contributed by atoms with van der Waals surface area (Å²) in [7, 11) is 0. The fourth-order valence-corrected chi connectivity index (χ4v) is 3.32. The first-order chi connectivity index (χ1) is 12.5. The zero-order valence-electron chi connectivity index (χ0n) is 13.8. The Balaban J connectivity index is 1.67. The molecular weight excluding hydrogens is 354 g/mol. The van der Waals surface area contributed by atoms with Crippen LogP contribution in [0.25, 0.3) is 0 Å². The number of aryl methyl sites for hydroxylation is 1. The maximum Gasteiger partial charge on any atom is 0.343 e. The Morgan fingerprint density at radius 1 is 1.15 bits per heavy atom. The van der Waals surface area contributed by atoms with Crippen molar-refractivity contribution in [1.82, 2.24) is 14.8 Å². The molecule has 7 nitrogen and oxygen atoms in total. The second-order valence-corrected chi connectivity index (χ2v) is 6.55. The number of Topliss-reactive ketones (excluding diaryl/α,β-unsaturated/α-hetero) is 1. The molecule has 0 aliphatic rings. The van der Waals surface area contributed by atoms with Crippen LogP contribution >= 0.6 is 11.8 Å². The van der Waals surface area contributed by atoms with E-state index in [-0.39, 0.29) is 34.3 Å². The number of rotatable bonds is 7. The monoisotopic (exact) mass is 371 g/mol. The molecule has 1 heterocycles. The SMILES string of the molecule is O=C(CSc1n[nH]c(=O)n1CCc1ccccc1)c1ccc(O)cc1O. The molecule has 0 saturated carbocycles. The van der Waals surface area contributed by atoms with Gasteiger partial charge in [0.05, 0.1) is 11.3 Å². The van der Waals surface area contributed by atoms with E-state index >= 15 is 0 Å². The first-order valence-electron chi connectivity index (χ1n) is 7.91. The van der Waals surface area contributed by atoms with E-state index in [2.05, 4.69) is 10.2 Å². The third-order valence-electron chi connectivity index (χ3n) is 3.80. The quantitative estimate of drug-likeness (QED) is 0.434. The summed E-state index contributed by atoms with van der Waals surface area (Å²) in [6.07, 6.45) is 0.667. The molecule has 3 N–H and O–H groups in total. The summed E-state index contributed by atoms with van der Waals surface area (Å²) in [4.78, 5) is 24.2. The number of nitrogens with zero attached hydrogens (tertiary/aromatic N) is 2. The highest BCUT2D eigenvalue weighted by Crippen LogP contribution is 2.25. The molecule has 0 radical (unpaired) electrons. The largest absolute Gasteiger partial charge is 0.508 e. The van der Waals surface area contributed by atoms with Crippen molar-refractivity contribution in [3.05, 3.63) is 70.1 Å². The van der Waals surface area contributed by atoms with E-state index in [1.807, 2.05) is 30.3 Å². The van der Waals surface area contributed by atoms with Gasteiger partial charge >= 0.3 is 5.69 Å². The second kappa shape index (κ2) is 7.92. The highest BCUT2D eigenvalue weighted by atomic mass is 32.2. The molecule has 0 spiro atoms.